The minimum atomic E-state index is -0.226. The summed E-state index contributed by atoms with van der Waals surface area (Å²) in [7, 11) is 3.09. The summed E-state index contributed by atoms with van der Waals surface area (Å²) >= 11 is 7.98. The molecule has 2 aromatic carbocycles. The number of aromatic nitrogens is 2. The van der Waals surface area contributed by atoms with Crippen molar-refractivity contribution < 1.29 is 14.3 Å². The van der Waals surface area contributed by atoms with Gasteiger partial charge in [0.1, 0.15) is 22.2 Å². The normalized spacial score (nSPS) is 15.6. The lowest BCUT2D eigenvalue weighted by molar-refractivity contribution is -0.120. The molecule has 1 aliphatic rings. The SMILES string of the molecule is COc1cc(Cl)c(NC(=O)C2CCCN(c3nccnc3Sc3ccc(C)cc3)C2)c(OC)c1. The zero-order valence-corrected chi connectivity index (χ0v) is 20.9. The first-order chi connectivity index (χ1) is 16.5. The van der Waals surface area contributed by atoms with Gasteiger partial charge in [0, 0.05) is 42.5 Å². The molecule has 34 heavy (non-hydrogen) atoms. The number of amides is 1. The van der Waals surface area contributed by atoms with Crippen molar-refractivity contribution >= 4 is 40.8 Å². The fourth-order valence-corrected chi connectivity index (χ4v) is 5.02. The lowest BCUT2D eigenvalue weighted by Crippen LogP contribution is -2.41. The number of halogens is 1. The van der Waals surface area contributed by atoms with Crippen LogP contribution >= 0.6 is 23.4 Å². The van der Waals surface area contributed by atoms with Crippen LogP contribution in [0.1, 0.15) is 18.4 Å². The quantitative estimate of drug-likeness (QED) is 0.463. The van der Waals surface area contributed by atoms with Crippen molar-refractivity contribution in [2.24, 2.45) is 5.92 Å². The molecule has 1 atom stereocenters. The van der Waals surface area contributed by atoms with Gasteiger partial charge in [0.2, 0.25) is 5.91 Å². The molecular weight excluding hydrogens is 472 g/mol. The number of hydrogen-bond donors (Lipinski definition) is 1. The zero-order valence-electron chi connectivity index (χ0n) is 19.4. The zero-order chi connectivity index (χ0) is 24.1. The van der Waals surface area contributed by atoms with E-state index in [1.807, 2.05) is 0 Å². The maximum absolute atomic E-state index is 13.2. The fourth-order valence-electron chi connectivity index (χ4n) is 3.89. The lowest BCUT2D eigenvalue weighted by atomic mass is 9.97. The van der Waals surface area contributed by atoms with Crippen LogP contribution in [0.4, 0.5) is 11.5 Å². The van der Waals surface area contributed by atoms with Crippen LogP contribution in [0.3, 0.4) is 0 Å². The molecule has 0 spiro atoms. The van der Waals surface area contributed by atoms with E-state index >= 15 is 0 Å². The third-order valence-electron chi connectivity index (χ3n) is 5.71. The topological polar surface area (TPSA) is 76.6 Å². The molecule has 0 bridgehead atoms. The summed E-state index contributed by atoms with van der Waals surface area (Å²) in [5, 5.41) is 4.15. The molecule has 1 saturated heterocycles. The molecule has 1 aliphatic heterocycles. The van der Waals surface area contributed by atoms with E-state index in [0.717, 1.165) is 35.1 Å². The van der Waals surface area contributed by atoms with Crippen molar-refractivity contribution in [1.82, 2.24) is 9.97 Å². The molecule has 3 aromatic rings. The predicted molar refractivity (Wildman–Crippen MR) is 135 cm³/mol. The van der Waals surface area contributed by atoms with E-state index in [0.29, 0.717) is 28.8 Å². The largest absolute Gasteiger partial charge is 0.497 e. The second-order valence-electron chi connectivity index (χ2n) is 8.06. The Hall–Kier alpha value is -2.97. The van der Waals surface area contributed by atoms with Crippen molar-refractivity contribution in [2.75, 3.05) is 37.5 Å². The number of nitrogens with one attached hydrogen (secondary N) is 1. The number of rotatable bonds is 7. The van der Waals surface area contributed by atoms with Gasteiger partial charge in [0.25, 0.3) is 0 Å². The van der Waals surface area contributed by atoms with Crippen molar-refractivity contribution in [2.45, 2.75) is 29.7 Å². The maximum Gasteiger partial charge on any atom is 0.229 e. The molecule has 1 amide bonds. The Labute approximate surface area is 208 Å². The Morgan fingerprint density at radius 2 is 1.91 bits per heavy atom. The maximum atomic E-state index is 13.2. The Morgan fingerprint density at radius 3 is 2.65 bits per heavy atom. The standard InChI is InChI=1S/C25H27ClN4O3S/c1-16-6-8-19(9-7-16)34-25-23(27-10-11-28-25)30-12-4-5-17(15-30)24(31)29-22-20(26)13-18(32-2)14-21(22)33-3/h6-11,13-14,17H,4-5,12,15H2,1-3H3,(H,29,31). The van der Waals surface area contributed by atoms with Gasteiger partial charge in [-0.25, -0.2) is 9.97 Å². The van der Waals surface area contributed by atoms with Gasteiger partial charge in [-0.1, -0.05) is 41.1 Å². The first kappa shape index (κ1) is 24.2. The molecule has 4 rings (SSSR count). The molecule has 0 saturated carbocycles. The Balaban J connectivity index is 1.50. The van der Waals surface area contributed by atoms with Crippen molar-refractivity contribution in [1.29, 1.82) is 0 Å². The number of piperidine rings is 1. The Bertz CT molecular complexity index is 1160. The van der Waals surface area contributed by atoms with Crippen LogP contribution in [0.15, 0.2) is 58.7 Å². The molecule has 7 nitrogen and oxygen atoms in total. The van der Waals surface area contributed by atoms with Gasteiger partial charge in [-0.3, -0.25) is 4.79 Å². The molecule has 9 heteroatoms. The lowest BCUT2D eigenvalue weighted by Gasteiger charge is -2.33. The Kier molecular flexibility index (Phi) is 7.80. The van der Waals surface area contributed by atoms with Gasteiger partial charge < -0.3 is 19.7 Å². The van der Waals surface area contributed by atoms with E-state index in [9.17, 15) is 4.79 Å². The molecular formula is C25H27ClN4O3S. The highest BCUT2D eigenvalue weighted by molar-refractivity contribution is 7.99. The van der Waals surface area contributed by atoms with Crippen LogP contribution in [-0.4, -0.2) is 43.2 Å². The van der Waals surface area contributed by atoms with E-state index in [1.54, 1.807) is 43.4 Å². The van der Waals surface area contributed by atoms with Crippen molar-refractivity contribution in [3.8, 4) is 11.5 Å². The van der Waals surface area contributed by atoms with E-state index < -0.39 is 0 Å². The van der Waals surface area contributed by atoms with Crippen LogP contribution < -0.4 is 19.7 Å². The first-order valence-electron chi connectivity index (χ1n) is 11.0. The minimum absolute atomic E-state index is 0.105. The van der Waals surface area contributed by atoms with Crippen LogP contribution in [0.25, 0.3) is 0 Å². The second-order valence-corrected chi connectivity index (χ2v) is 9.53. The molecule has 178 valence electrons. The fraction of sp³-hybridized carbons (Fsp3) is 0.320. The van der Waals surface area contributed by atoms with Crippen molar-refractivity contribution in [3.63, 3.8) is 0 Å². The molecule has 1 fully saturated rings. The number of ether oxygens (including phenoxy) is 2. The van der Waals surface area contributed by atoms with Crippen LogP contribution in [0.2, 0.25) is 5.02 Å². The minimum Gasteiger partial charge on any atom is -0.497 e. The number of aryl methyl sites for hydroxylation is 1. The highest BCUT2D eigenvalue weighted by atomic mass is 35.5. The number of carbonyl (C=O) groups excluding carboxylic acids is 1. The number of nitrogens with zero attached hydrogens (tertiary/aromatic N) is 3. The van der Waals surface area contributed by atoms with Gasteiger partial charge >= 0.3 is 0 Å². The molecule has 1 aromatic heterocycles. The van der Waals surface area contributed by atoms with Crippen LogP contribution in [-0.2, 0) is 4.79 Å². The third kappa shape index (κ3) is 5.56. The van der Waals surface area contributed by atoms with Gasteiger partial charge in [-0.2, -0.15) is 0 Å². The molecule has 0 aliphatic carbocycles. The highest BCUT2D eigenvalue weighted by Gasteiger charge is 2.29. The predicted octanol–water partition coefficient (Wildman–Crippen LogP) is 5.46. The van der Waals surface area contributed by atoms with Gasteiger partial charge in [0.15, 0.2) is 5.82 Å². The van der Waals surface area contributed by atoms with Crippen LogP contribution in [0, 0.1) is 12.8 Å². The highest BCUT2D eigenvalue weighted by Crippen LogP contribution is 2.38. The van der Waals surface area contributed by atoms with Crippen molar-refractivity contribution in [3.05, 3.63) is 59.4 Å². The van der Waals surface area contributed by atoms with E-state index in [4.69, 9.17) is 21.1 Å². The summed E-state index contributed by atoms with van der Waals surface area (Å²) in [6.07, 6.45) is 5.04. The summed E-state index contributed by atoms with van der Waals surface area (Å²) < 4.78 is 10.7. The number of anilines is 2. The number of hydrogen-bond acceptors (Lipinski definition) is 7. The summed E-state index contributed by atoms with van der Waals surface area (Å²) in [4.78, 5) is 25.6. The van der Waals surface area contributed by atoms with Gasteiger partial charge in [-0.05, 0) is 31.9 Å². The summed E-state index contributed by atoms with van der Waals surface area (Å²) in [5.41, 5.74) is 1.66. The van der Waals surface area contributed by atoms with Gasteiger partial charge in [0.05, 0.1) is 25.2 Å². The van der Waals surface area contributed by atoms with E-state index in [2.05, 4.69) is 51.4 Å². The summed E-state index contributed by atoms with van der Waals surface area (Å²) in [6.45, 7) is 3.43. The average molecular weight is 499 g/mol. The molecule has 1 N–H and O–H groups in total. The third-order valence-corrected chi connectivity index (χ3v) is 6.99. The van der Waals surface area contributed by atoms with E-state index in [-0.39, 0.29) is 11.8 Å². The first-order valence-corrected chi connectivity index (χ1v) is 12.2. The molecule has 2 heterocycles. The number of benzene rings is 2. The second kappa shape index (κ2) is 11.0. The monoisotopic (exact) mass is 498 g/mol. The summed E-state index contributed by atoms with van der Waals surface area (Å²) in [6, 6.07) is 11.7. The smallest absolute Gasteiger partial charge is 0.229 e. The molecule has 1 unspecified atom stereocenters. The van der Waals surface area contributed by atoms with Crippen LogP contribution in [0.5, 0.6) is 11.5 Å². The molecule has 0 radical (unpaired) electrons. The average Bonchev–Trinajstić information content (AvgIpc) is 2.86. The summed E-state index contributed by atoms with van der Waals surface area (Å²) in [5.74, 6) is 1.48. The number of carbonyl (C=O) groups is 1. The van der Waals surface area contributed by atoms with E-state index in [1.165, 1.54) is 12.7 Å². The number of methoxy groups -OCH3 is 2. The Morgan fingerprint density at radius 1 is 1.15 bits per heavy atom. The van der Waals surface area contributed by atoms with Gasteiger partial charge in [-0.15, -0.1) is 0 Å².